The number of carbonyl (C=O) groups is 1. The van der Waals surface area contributed by atoms with Crippen LogP contribution in [0.1, 0.15) is 59.8 Å². The highest BCUT2D eigenvalue weighted by Crippen LogP contribution is 2.38. The number of esters is 1. The summed E-state index contributed by atoms with van der Waals surface area (Å²) in [5.41, 5.74) is -0.0391. The highest BCUT2D eigenvalue weighted by molar-refractivity contribution is 5.81. The number of hydrogen-bond donors (Lipinski definition) is 1. The van der Waals surface area contributed by atoms with Crippen LogP contribution in [0.3, 0.4) is 0 Å². The predicted molar refractivity (Wildman–Crippen MR) is 85.3 cm³/mol. The van der Waals surface area contributed by atoms with Crippen molar-refractivity contribution < 1.29 is 9.53 Å². The van der Waals surface area contributed by atoms with Crippen molar-refractivity contribution in [2.75, 3.05) is 26.2 Å². The molecular weight excluding hydrogens is 264 g/mol. The second-order valence-electron chi connectivity index (χ2n) is 7.47. The average molecular weight is 296 g/mol. The summed E-state index contributed by atoms with van der Waals surface area (Å²) in [5.74, 6) is -0.0504. The fraction of sp³-hybridized carbons (Fsp3) is 0.941. The van der Waals surface area contributed by atoms with E-state index in [1.54, 1.807) is 0 Å². The molecule has 1 N–H and O–H groups in total. The number of nitrogens with one attached hydrogen (secondary N) is 1. The van der Waals surface area contributed by atoms with E-state index in [4.69, 9.17) is 4.74 Å². The Morgan fingerprint density at radius 2 is 2.10 bits per heavy atom. The molecule has 2 unspecified atom stereocenters. The van der Waals surface area contributed by atoms with Gasteiger partial charge in [0, 0.05) is 12.6 Å². The third kappa shape index (κ3) is 3.78. The maximum atomic E-state index is 12.4. The molecule has 0 aromatic carbocycles. The van der Waals surface area contributed by atoms with Crippen LogP contribution in [-0.2, 0) is 9.53 Å². The summed E-state index contributed by atoms with van der Waals surface area (Å²) in [4.78, 5) is 15.0. The second kappa shape index (κ2) is 6.66. The molecule has 0 bridgehead atoms. The SMILES string of the molecule is CCNC1(C(=O)OCC)CCC(N2CCCC(C)(C)C2)C1. The number of likely N-dealkylation sites (tertiary alicyclic amines) is 1. The molecule has 2 fully saturated rings. The fourth-order valence-electron chi connectivity index (χ4n) is 4.14. The third-order valence-electron chi connectivity index (χ3n) is 5.12. The van der Waals surface area contributed by atoms with Crippen LogP contribution in [-0.4, -0.2) is 48.7 Å². The Morgan fingerprint density at radius 3 is 2.71 bits per heavy atom. The van der Waals surface area contributed by atoms with E-state index in [1.165, 1.54) is 19.4 Å². The molecule has 1 aliphatic heterocycles. The van der Waals surface area contributed by atoms with Crippen LogP contribution in [0, 0.1) is 5.41 Å². The van der Waals surface area contributed by atoms with Gasteiger partial charge < -0.3 is 10.1 Å². The third-order valence-corrected chi connectivity index (χ3v) is 5.12. The molecular formula is C17H32N2O2. The lowest BCUT2D eigenvalue weighted by Crippen LogP contribution is -2.53. The first-order valence-electron chi connectivity index (χ1n) is 8.59. The van der Waals surface area contributed by atoms with Gasteiger partial charge >= 0.3 is 5.97 Å². The lowest BCUT2D eigenvalue weighted by atomic mass is 9.83. The minimum Gasteiger partial charge on any atom is -0.465 e. The van der Waals surface area contributed by atoms with E-state index in [2.05, 4.69) is 31.0 Å². The van der Waals surface area contributed by atoms with E-state index < -0.39 is 5.54 Å². The number of ether oxygens (including phenoxy) is 1. The Labute approximate surface area is 129 Å². The minimum absolute atomic E-state index is 0.0504. The molecule has 2 rings (SSSR count). The quantitative estimate of drug-likeness (QED) is 0.792. The highest BCUT2D eigenvalue weighted by atomic mass is 16.5. The Bertz CT molecular complexity index is 370. The van der Waals surface area contributed by atoms with E-state index in [1.807, 2.05) is 6.92 Å². The van der Waals surface area contributed by atoms with Crippen molar-refractivity contribution in [3.63, 3.8) is 0 Å². The summed E-state index contributed by atoms with van der Waals surface area (Å²) in [6, 6.07) is 0.521. The lowest BCUT2D eigenvalue weighted by molar-refractivity contribution is -0.151. The second-order valence-corrected chi connectivity index (χ2v) is 7.47. The summed E-state index contributed by atoms with van der Waals surface area (Å²) in [7, 11) is 0. The van der Waals surface area contributed by atoms with Crippen molar-refractivity contribution >= 4 is 5.97 Å². The van der Waals surface area contributed by atoms with Crippen molar-refractivity contribution in [2.24, 2.45) is 5.41 Å². The summed E-state index contributed by atoms with van der Waals surface area (Å²) in [6.07, 6.45) is 5.49. The molecule has 1 heterocycles. The topological polar surface area (TPSA) is 41.6 Å². The van der Waals surface area contributed by atoms with Crippen molar-refractivity contribution in [1.29, 1.82) is 0 Å². The summed E-state index contributed by atoms with van der Waals surface area (Å²) < 4.78 is 5.34. The largest absolute Gasteiger partial charge is 0.465 e. The van der Waals surface area contributed by atoms with Gasteiger partial charge in [-0.05, 0) is 57.5 Å². The molecule has 2 atom stereocenters. The molecule has 0 amide bonds. The maximum absolute atomic E-state index is 12.4. The zero-order valence-electron chi connectivity index (χ0n) is 14.2. The van der Waals surface area contributed by atoms with Crippen LogP contribution in [0.5, 0.6) is 0 Å². The van der Waals surface area contributed by atoms with E-state index >= 15 is 0 Å². The van der Waals surface area contributed by atoms with E-state index in [0.717, 1.165) is 32.4 Å². The van der Waals surface area contributed by atoms with Crippen molar-refractivity contribution in [3.8, 4) is 0 Å². The normalized spacial score (nSPS) is 33.0. The van der Waals surface area contributed by atoms with Crippen molar-refractivity contribution in [3.05, 3.63) is 0 Å². The van der Waals surface area contributed by atoms with Crippen LogP contribution in [0.4, 0.5) is 0 Å². The van der Waals surface area contributed by atoms with Crippen molar-refractivity contribution in [1.82, 2.24) is 10.2 Å². The Balaban J connectivity index is 2.04. The Morgan fingerprint density at radius 1 is 1.33 bits per heavy atom. The van der Waals surface area contributed by atoms with E-state index in [0.29, 0.717) is 18.1 Å². The van der Waals surface area contributed by atoms with Crippen LogP contribution in [0.2, 0.25) is 0 Å². The monoisotopic (exact) mass is 296 g/mol. The van der Waals surface area contributed by atoms with Crippen LogP contribution >= 0.6 is 0 Å². The number of rotatable bonds is 5. The summed E-state index contributed by atoms with van der Waals surface area (Å²) >= 11 is 0. The molecule has 0 spiro atoms. The van der Waals surface area contributed by atoms with Gasteiger partial charge in [-0.1, -0.05) is 20.8 Å². The standard InChI is InChI=1S/C17H32N2O2/c1-5-18-17(15(20)21-6-2)10-8-14(12-17)19-11-7-9-16(3,4)13-19/h14,18H,5-13H2,1-4H3. The predicted octanol–water partition coefficient (Wildman–Crippen LogP) is 2.57. The van der Waals surface area contributed by atoms with Gasteiger partial charge in [0.05, 0.1) is 6.61 Å². The first-order valence-corrected chi connectivity index (χ1v) is 8.59. The molecule has 1 saturated heterocycles. The van der Waals surface area contributed by atoms with E-state index in [-0.39, 0.29) is 5.97 Å². The molecule has 2 aliphatic rings. The number of piperidine rings is 1. The van der Waals surface area contributed by atoms with Crippen LogP contribution in [0.15, 0.2) is 0 Å². The number of hydrogen-bond acceptors (Lipinski definition) is 4. The first-order chi connectivity index (χ1) is 9.92. The molecule has 122 valence electrons. The molecule has 1 aliphatic carbocycles. The Kier molecular flexibility index (Phi) is 5.31. The molecule has 0 aromatic heterocycles. The highest BCUT2D eigenvalue weighted by Gasteiger charge is 2.48. The molecule has 21 heavy (non-hydrogen) atoms. The molecule has 0 radical (unpaired) electrons. The Hall–Kier alpha value is -0.610. The van der Waals surface area contributed by atoms with Gasteiger partial charge in [-0.15, -0.1) is 0 Å². The van der Waals surface area contributed by atoms with Gasteiger partial charge in [0.1, 0.15) is 5.54 Å². The first kappa shape index (κ1) is 16.8. The smallest absolute Gasteiger partial charge is 0.326 e. The summed E-state index contributed by atoms with van der Waals surface area (Å²) in [5, 5.41) is 3.43. The van der Waals surface area contributed by atoms with Gasteiger partial charge in [0.25, 0.3) is 0 Å². The van der Waals surface area contributed by atoms with Crippen molar-refractivity contribution in [2.45, 2.75) is 71.4 Å². The number of carbonyl (C=O) groups excluding carboxylic acids is 1. The zero-order valence-corrected chi connectivity index (χ0v) is 14.2. The zero-order chi connectivity index (χ0) is 15.5. The molecule has 0 aromatic rings. The van der Waals surface area contributed by atoms with Crippen LogP contribution < -0.4 is 5.32 Å². The maximum Gasteiger partial charge on any atom is 0.326 e. The molecule has 4 heteroatoms. The van der Waals surface area contributed by atoms with E-state index in [9.17, 15) is 4.79 Å². The summed E-state index contributed by atoms with van der Waals surface area (Å²) in [6.45, 7) is 12.3. The minimum atomic E-state index is -0.447. The molecule has 1 saturated carbocycles. The fourth-order valence-corrected chi connectivity index (χ4v) is 4.14. The molecule has 4 nitrogen and oxygen atoms in total. The number of likely N-dealkylation sites (N-methyl/N-ethyl adjacent to an activating group) is 1. The average Bonchev–Trinajstić information content (AvgIpc) is 2.84. The van der Waals surface area contributed by atoms with Gasteiger partial charge in [-0.2, -0.15) is 0 Å². The van der Waals surface area contributed by atoms with Gasteiger partial charge in [-0.25, -0.2) is 0 Å². The van der Waals surface area contributed by atoms with Gasteiger partial charge in [0.15, 0.2) is 0 Å². The lowest BCUT2D eigenvalue weighted by Gasteiger charge is -2.41. The van der Waals surface area contributed by atoms with Gasteiger partial charge in [0.2, 0.25) is 0 Å². The van der Waals surface area contributed by atoms with Crippen LogP contribution in [0.25, 0.3) is 0 Å². The van der Waals surface area contributed by atoms with Gasteiger partial charge in [-0.3, -0.25) is 9.69 Å². The number of nitrogens with zero attached hydrogens (tertiary/aromatic N) is 1.